The third kappa shape index (κ3) is 8.65. The fraction of sp³-hybridized carbons (Fsp3) is 0.394. The Labute approximate surface area is 250 Å². The molecule has 0 aromatic heterocycles. The van der Waals surface area contributed by atoms with Crippen LogP contribution in [0, 0.1) is 0 Å². The summed E-state index contributed by atoms with van der Waals surface area (Å²) in [4.78, 5) is 2.21. The number of nitrogens with zero attached hydrogens (tertiary/aromatic N) is 1. The number of benzene rings is 2. The van der Waals surface area contributed by atoms with Crippen LogP contribution in [0.2, 0.25) is 5.02 Å². The molecule has 0 bridgehead atoms. The zero-order chi connectivity index (χ0) is 30.3. The van der Waals surface area contributed by atoms with Crippen molar-refractivity contribution in [3.05, 3.63) is 99.8 Å². The van der Waals surface area contributed by atoms with Crippen molar-refractivity contribution in [2.45, 2.75) is 57.9 Å². The number of hydrogen-bond donors (Lipinski definition) is 1. The smallest absolute Gasteiger partial charge is 0.489 e. The Morgan fingerprint density at radius 1 is 1.17 bits per heavy atom. The molecule has 1 fully saturated rings. The summed E-state index contributed by atoms with van der Waals surface area (Å²) in [6, 6.07) is 10.0. The first kappa shape index (κ1) is 31.7. The maximum absolute atomic E-state index is 12.7. The Hall–Kier alpha value is -3.23. The zero-order valence-electron chi connectivity index (χ0n) is 23.8. The number of halogens is 5. The molecule has 1 saturated heterocycles. The van der Waals surface area contributed by atoms with Crippen molar-refractivity contribution in [2.75, 3.05) is 32.0 Å². The van der Waals surface area contributed by atoms with Gasteiger partial charge in [-0.15, -0.1) is 13.2 Å². The highest BCUT2D eigenvalue weighted by Gasteiger charge is 2.31. The van der Waals surface area contributed by atoms with Crippen LogP contribution < -0.4 is 10.5 Å². The molecule has 4 nitrogen and oxygen atoms in total. The summed E-state index contributed by atoms with van der Waals surface area (Å²) < 4.78 is 61.0. The van der Waals surface area contributed by atoms with Crippen LogP contribution in [0.25, 0.3) is 5.57 Å². The van der Waals surface area contributed by atoms with Gasteiger partial charge in [-0.3, -0.25) is 9.29 Å². The molecule has 2 aromatic rings. The Balaban J connectivity index is 1.64. The van der Waals surface area contributed by atoms with Gasteiger partial charge in [-0.2, -0.15) is 0 Å². The maximum Gasteiger partial charge on any atom is 0.573 e. The van der Waals surface area contributed by atoms with Crippen molar-refractivity contribution in [1.29, 1.82) is 0 Å². The second-order valence-corrected chi connectivity index (χ2v) is 11.1. The van der Waals surface area contributed by atoms with Crippen molar-refractivity contribution >= 4 is 22.9 Å². The number of allylic oxidation sites excluding steroid dienone is 6. The number of fused-ring (bicyclic) bond motifs is 1. The lowest BCUT2D eigenvalue weighted by Gasteiger charge is -2.18. The number of nitrogen functional groups attached to an aromatic ring is 1. The first-order chi connectivity index (χ1) is 20.1. The SMILES string of the molecule is C=C/C(=C\C=C(/C)C1=C(Cc2ccc(OC(F)(F)F)cc2Cl)CCCc2cc(N)ccc21)OC1CCN(CCCF)C1. The lowest BCUT2D eigenvalue weighted by atomic mass is 9.88. The topological polar surface area (TPSA) is 47.7 Å². The minimum atomic E-state index is -4.79. The second-order valence-electron chi connectivity index (χ2n) is 10.7. The van der Waals surface area contributed by atoms with Gasteiger partial charge in [-0.25, -0.2) is 0 Å². The van der Waals surface area contributed by atoms with E-state index < -0.39 is 6.36 Å². The van der Waals surface area contributed by atoms with Crippen molar-refractivity contribution in [1.82, 2.24) is 4.90 Å². The van der Waals surface area contributed by atoms with Gasteiger partial charge in [-0.05, 0) is 110 Å². The summed E-state index contributed by atoms with van der Waals surface area (Å²) in [6.45, 7) is 8.01. The highest BCUT2D eigenvalue weighted by Crippen LogP contribution is 2.39. The van der Waals surface area contributed by atoms with Crippen LogP contribution in [0.4, 0.5) is 23.2 Å². The van der Waals surface area contributed by atoms with Gasteiger partial charge in [0.05, 0.1) is 6.67 Å². The molecular formula is C33H37ClF4N2O2. The predicted molar refractivity (Wildman–Crippen MR) is 161 cm³/mol. The first-order valence-corrected chi connectivity index (χ1v) is 14.6. The highest BCUT2D eigenvalue weighted by atomic mass is 35.5. The lowest BCUT2D eigenvalue weighted by Crippen LogP contribution is -2.24. The van der Waals surface area contributed by atoms with E-state index >= 15 is 0 Å². The lowest BCUT2D eigenvalue weighted by molar-refractivity contribution is -0.274. The van der Waals surface area contributed by atoms with Gasteiger partial charge in [0.1, 0.15) is 17.6 Å². The molecule has 226 valence electrons. The first-order valence-electron chi connectivity index (χ1n) is 14.2. The monoisotopic (exact) mass is 604 g/mol. The van der Waals surface area contributed by atoms with Crippen LogP contribution in [-0.4, -0.2) is 43.7 Å². The van der Waals surface area contributed by atoms with E-state index in [1.54, 1.807) is 12.1 Å². The number of rotatable bonds is 11. The molecule has 1 atom stereocenters. The van der Waals surface area contributed by atoms with E-state index in [-0.39, 0.29) is 23.6 Å². The summed E-state index contributed by atoms with van der Waals surface area (Å²) in [7, 11) is 0. The minimum absolute atomic E-state index is 0.0189. The van der Waals surface area contributed by atoms with E-state index in [1.807, 2.05) is 37.3 Å². The van der Waals surface area contributed by atoms with E-state index in [4.69, 9.17) is 22.1 Å². The van der Waals surface area contributed by atoms with Gasteiger partial charge in [-0.1, -0.05) is 42.0 Å². The molecule has 0 amide bonds. The van der Waals surface area contributed by atoms with Crippen LogP contribution in [0.1, 0.15) is 49.3 Å². The summed E-state index contributed by atoms with van der Waals surface area (Å²) >= 11 is 6.45. The quantitative estimate of drug-likeness (QED) is 0.121. The molecule has 2 aliphatic rings. The third-order valence-corrected chi connectivity index (χ3v) is 7.92. The average Bonchev–Trinajstić information content (AvgIpc) is 3.30. The minimum Gasteiger partial charge on any atom is -0.489 e. The van der Waals surface area contributed by atoms with Crippen LogP contribution in [0.15, 0.2) is 78.1 Å². The number of nitrogens with two attached hydrogens (primary N) is 1. The summed E-state index contributed by atoms with van der Waals surface area (Å²) in [6.07, 6.45) is 5.25. The van der Waals surface area contributed by atoms with Gasteiger partial charge < -0.3 is 15.2 Å². The van der Waals surface area contributed by atoms with Gasteiger partial charge in [0, 0.05) is 30.3 Å². The molecular weight excluding hydrogens is 568 g/mol. The van der Waals surface area contributed by atoms with Crippen molar-refractivity contribution in [3.63, 3.8) is 0 Å². The van der Waals surface area contributed by atoms with Crippen LogP contribution >= 0.6 is 11.6 Å². The zero-order valence-corrected chi connectivity index (χ0v) is 24.5. The average molecular weight is 605 g/mol. The number of alkyl halides is 4. The van der Waals surface area contributed by atoms with E-state index in [0.29, 0.717) is 24.3 Å². The van der Waals surface area contributed by atoms with Crippen LogP contribution in [-0.2, 0) is 17.6 Å². The second kappa shape index (κ2) is 14.3. The van der Waals surface area contributed by atoms with E-state index in [0.717, 1.165) is 78.7 Å². The number of hydrogen-bond acceptors (Lipinski definition) is 4. The molecule has 9 heteroatoms. The molecule has 42 heavy (non-hydrogen) atoms. The molecule has 0 radical (unpaired) electrons. The Morgan fingerprint density at radius 3 is 2.69 bits per heavy atom. The maximum atomic E-state index is 12.7. The fourth-order valence-corrected chi connectivity index (χ4v) is 5.89. The fourth-order valence-electron chi connectivity index (χ4n) is 5.66. The summed E-state index contributed by atoms with van der Waals surface area (Å²) in [5, 5.41) is 0.214. The molecule has 0 spiro atoms. The van der Waals surface area contributed by atoms with Crippen molar-refractivity contribution in [3.8, 4) is 5.75 Å². The number of ether oxygens (including phenoxy) is 2. The van der Waals surface area contributed by atoms with Crippen molar-refractivity contribution < 1.29 is 27.0 Å². The van der Waals surface area contributed by atoms with Gasteiger partial charge in [0.2, 0.25) is 0 Å². The molecule has 0 saturated carbocycles. The van der Waals surface area contributed by atoms with Crippen LogP contribution in [0.5, 0.6) is 5.75 Å². The van der Waals surface area contributed by atoms with E-state index in [2.05, 4.69) is 16.2 Å². The Bertz CT molecular complexity index is 1370. The van der Waals surface area contributed by atoms with Crippen molar-refractivity contribution in [2.24, 2.45) is 0 Å². The third-order valence-electron chi connectivity index (χ3n) is 7.57. The number of anilines is 1. The molecule has 1 unspecified atom stereocenters. The molecule has 1 aliphatic heterocycles. The largest absolute Gasteiger partial charge is 0.573 e. The normalized spacial score (nSPS) is 18.6. The standard InChI is InChI=1S/C33H37ClF4N2O2/c1-3-27(41-29-14-17-40(21-29)16-5-15-35)11-8-22(2)32-25(7-4-6-23-19-26(39)10-13-30(23)32)18-24-9-12-28(20-31(24)34)42-33(36,37)38/h3,8-13,19-20,29H,1,4-7,14-18,21,39H2,2H3/b22-8+,27-11+. The Kier molecular flexibility index (Phi) is 10.8. The van der Waals surface area contributed by atoms with E-state index in [9.17, 15) is 17.6 Å². The highest BCUT2D eigenvalue weighted by molar-refractivity contribution is 6.31. The van der Waals surface area contributed by atoms with Gasteiger partial charge >= 0.3 is 6.36 Å². The predicted octanol–water partition coefficient (Wildman–Crippen LogP) is 8.62. The van der Waals surface area contributed by atoms with Gasteiger partial charge in [0.25, 0.3) is 0 Å². The summed E-state index contributed by atoms with van der Waals surface area (Å²) in [5.74, 6) is 0.307. The van der Waals surface area contributed by atoms with Gasteiger partial charge in [0.15, 0.2) is 0 Å². The number of likely N-dealkylation sites (tertiary alicyclic amines) is 1. The molecule has 2 N–H and O–H groups in total. The summed E-state index contributed by atoms with van der Waals surface area (Å²) in [5.41, 5.74) is 13.0. The number of aryl methyl sites for hydroxylation is 1. The molecule has 4 rings (SSSR count). The van der Waals surface area contributed by atoms with E-state index in [1.165, 1.54) is 12.1 Å². The molecule has 1 heterocycles. The van der Waals surface area contributed by atoms with Crippen LogP contribution in [0.3, 0.4) is 0 Å². The Morgan fingerprint density at radius 2 is 1.98 bits per heavy atom. The molecule has 2 aromatic carbocycles. The molecule has 1 aliphatic carbocycles.